The number of rotatable bonds is 3. The number of carbonyl (C=O) groups excluding carboxylic acids is 1. The van der Waals surface area contributed by atoms with E-state index in [-0.39, 0.29) is 0 Å². The third kappa shape index (κ3) is 4.00. The maximum Gasteiger partial charge on any atom is 0.420 e. The van der Waals surface area contributed by atoms with Gasteiger partial charge in [0.25, 0.3) is 0 Å². The van der Waals surface area contributed by atoms with E-state index in [1.165, 1.54) is 4.90 Å². The topological polar surface area (TPSA) is 29.5 Å². The van der Waals surface area contributed by atoms with Crippen LogP contribution in [0.15, 0.2) is 60.7 Å². The van der Waals surface area contributed by atoms with Gasteiger partial charge < -0.3 is 4.74 Å². The number of hydrogen-bond donors (Lipinski definition) is 0. The Balaban J connectivity index is 2.18. The first-order valence-electron chi connectivity index (χ1n) is 5.99. The summed E-state index contributed by atoms with van der Waals surface area (Å²) in [6.07, 6.45) is -0.443. The number of carbonyl (C=O) groups is 1. The van der Waals surface area contributed by atoms with Gasteiger partial charge in [0.1, 0.15) is 5.75 Å². The van der Waals surface area contributed by atoms with Crippen molar-refractivity contribution < 1.29 is 9.53 Å². The molecule has 0 atom stereocenters. The van der Waals surface area contributed by atoms with E-state index in [1.54, 1.807) is 12.1 Å². The van der Waals surface area contributed by atoms with Crippen molar-refractivity contribution in [1.29, 1.82) is 0 Å². The third-order valence-electron chi connectivity index (χ3n) is 2.54. The molecular formula is C16H12INO2. The Bertz CT molecular complexity index is 617. The van der Waals surface area contributed by atoms with Gasteiger partial charge >= 0.3 is 6.09 Å². The molecule has 0 radical (unpaired) electrons. The molecule has 0 aliphatic rings. The quantitative estimate of drug-likeness (QED) is 0.596. The number of benzene rings is 2. The predicted molar refractivity (Wildman–Crippen MR) is 88.0 cm³/mol. The van der Waals surface area contributed by atoms with Crippen LogP contribution in [-0.2, 0) is 0 Å². The average Bonchev–Trinajstić information content (AvgIpc) is 2.50. The van der Waals surface area contributed by atoms with Gasteiger partial charge in [-0.1, -0.05) is 42.3 Å². The molecule has 0 heterocycles. The summed E-state index contributed by atoms with van der Waals surface area (Å²) in [6.45, 7) is 0.290. The summed E-state index contributed by atoms with van der Waals surface area (Å²) in [5.74, 6) is 3.39. The molecule has 0 spiro atoms. The van der Waals surface area contributed by atoms with Crippen molar-refractivity contribution in [2.45, 2.75) is 0 Å². The van der Waals surface area contributed by atoms with Crippen LogP contribution in [0, 0.1) is 9.85 Å². The molecule has 100 valence electrons. The minimum atomic E-state index is -0.443. The summed E-state index contributed by atoms with van der Waals surface area (Å²) in [4.78, 5) is 13.8. The molecule has 2 rings (SSSR count). The van der Waals surface area contributed by atoms with Crippen molar-refractivity contribution >= 4 is 34.4 Å². The first kappa shape index (κ1) is 14.4. The second kappa shape index (κ2) is 7.56. The molecule has 20 heavy (non-hydrogen) atoms. The Hall–Kier alpha value is -2.00. The van der Waals surface area contributed by atoms with Crippen molar-refractivity contribution in [1.82, 2.24) is 0 Å². The average molecular weight is 377 g/mol. The fourth-order valence-electron chi connectivity index (χ4n) is 1.62. The minimum absolute atomic E-state index is 0.290. The zero-order valence-electron chi connectivity index (χ0n) is 10.6. The number of ether oxygens (including phenoxy) is 1. The van der Waals surface area contributed by atoms with E-state index in [0.29, 0.717) is 12.3 Å². The lowest BCUT2D eigenvalue weighted by Crippen LogP contribution is -2.33. The van der Waals surface area contributed by atoms with Crippen LogP contribution >= 0.6 is 22.6 Å². The fourth-order valence-corrected chi connectivity index (χ4v) is 1.79. The summed E-state index contributed by atoms with van der Waals surface area (Å²) in [7, 11) is 0. The normalized spacial score (nSPS) is 9.25. The Kier molecular flexibility index (Phi) is 5.44. The monoisotopic (exact) mass is 377 g/mol. The van der Waals surface area contributed by atoms with Crippen molar-refractivity contribution in [2.75, 3.05) is 11.4 Å². The van der Waals surface area contributed by atoms with Gasteiger partial charge in [0.05, 0.1) is 6.54 Å². The molecule has 0 unspecified atom stereocenters. The Morgan fingerprint density at radius 2 is 1.65 bits per heavy atom. The van der Waals surface area contributed by atoms with Gasteiger partial charge in [-0.15, -0.1) is 0 Å². The van der Waals surface area contributed by atoms with Crippen LogP contribution in [0.4, 0.5) is 10.5 Å². The molecule has 0 aliphatic heterocycles. The highest BCUT2D eigenvalue weighted by atomic mass is 127. The van der Waals surface area contributed by atoms with Crippen molar-refractivity contribution in [3.63, 3.8) is 0 Å². The fraction of sp³-hybridized carbons (Fsp3) is 0.0625. The van der Waals surface area contributed by atoms with Crippen LogP contribution in [0.3, 0.4) is 0 Å². The van der Waals surface area contributed by atoms with E-state index in [1.807, 2.05) is 71.1 Å². The van der Waals surface area contributed by atoms with E-state index < -0.39 is 6.09 Å². The largest absolute Gasteiger partial charge is 0.420 e. The van der Waals surface area contributed by atoms with Crippen LogP contribution in [0.2, 0.25) is 0 Å². The number of halogens is 1. The number of anilines is 1. The molecule has 0 N–H and O–H groups in total. The molecule has 4 heteroatoms. The van der Waals surface area contributed by atoms with E-state index >= 15 is 0 Å². The lowest BCUT2D eigenvalue weighted by molar-refractivity contribution is 0.208. The molecule has 0 aliphatic carbocycles. The number of hydrogen-bond acceptors (Lipinski definition) is 2. The first-order chi connectivity index (χ1) is 9.81. The summed E-state index contributed by atoms with van der Waals surface area (Å²) in [5, 5.41) is 0. The summed E-state index contributed by atoms with van der Waals surface area (Å²) < 4.78 is 8.10. The van der Waals surface area contributed by atoms with E-state index in [2.05, 4.69) is 9.85 Å². The van der Waals surface area contributed by atoms with Gasteiger partial charge in [-0.3, -0.25) is 4.90 Å². The highest BCUT2D eigenvalue weighted by Crippen LogP contribution is 2.16. The molecule has 3 nitrogen and oxygen atoms in total. The molecule has 1 amide bonds. The Morgan fingerprint density at radius 1 is 1.05 bits per heavy atom. The van der Waals surface area contributed by atoms with E-state index in [0.717, 1.165) is 5.69 Å². The second-order valence-electron chi connectivity index (χ2n) is 3.87. The Morgan fingerprint density at radius 3 is 2.25 bits per heavy atom. The number of para-hydroxylation sites is 2. The standard InChI is InChI=1S/C16H12INO2/c17-12-7-13-18(14-8-3-1-4-9-14)16(19)20-15-10-5-2-6-11-15/h1-6,8-11H,13H2. The van der Waals surface area contributed by atoms with Crippen molar-refractivity contribution in [2.24, 2.45) is 0 Å². The van der Waals surface area contributed by atoms with Crippen LogP contribution in [0.25, 0.3) is 0 Å². The second-order valence-corrected chi connectivity index (χ2v) is 4.41. The maximum atomic E-state index is 12.3. The smallest absolute Gasteiger partial charge is 0.410 e. The van der Waals surface area contributed by atoms with Gasteiger partial charge in [-0.05, 0) is 28.2 Å². The molecule has 0 saturated carbocycles. The highest BCUT2D eigenvalue weighted by molar-refractivity contribution is 14.1. The van der Waals surface area contributed by atoms with E-state index in [4.69, 9.17) is 4.74 Å². The summed E-state index contributed by atoms with van der Waals surface area (Å²) in [5.41, 5.74) is 0.757. The molecule has 0 bridgehead atoms. The van der Waals surface area contributed by atoms with Crippen LogP contribution < -0.4 is 9.64 Å². The van der Waals surface area contributed by atoms with Gasteiger partial charge in [0.2, 0.25) is 0 Å². The predicted octanol–water partition coefficient (Wildman–Crippen LogP) is 4.09. The zero-order chi connectivity index (χ0) is 14.2. The van der Waals surface area contributed by atoms with Gasteiger partial charge in [0, 0.05) is 28.3 Å². The van der Waals surface area contributed by atoms with Crippen LogP contribution in [-0.4, -0.2) is 12.6 Å². The number of amides is 1. The lowest BCUT2D eigenvalue weighted by atomic mass is 10.3. The molecule has 0 fully saturated rings. The zero-order valence-corrected chi connectivity index (χ0v) is 12.8. The molecule has 2 aromatic rings. The molecular weight excluding hydrogens is 365 g/mol. The van der Waals surface area contributed by atoms with E-state index in [9.17, 15) is 4.79 Å². The van der Waals surface area contributed by atoms with Crippen molar-refractivity contribution in [3.05, 3.63) is 60.7 Å². The van der Waals surface area contributed by atoms with Crippen LogP contribution in [0.5, 0.6) is 5.75 Å². The molecule has 2 aromatic carbocycles. The van der Waals surface area contributed by atoms with Gasteiger partial charge in [-0.25, -0.2) is 4.79 Å². The number of nitrogens with zero attached hydrogens (tertiary/aromatic N) is 1. The molecule has 0 saturated heterocycles. The van der Waals surface area contributed by atoms with Crippen LogP contribution in [0.1, 0.15) is 0 Å². The maximum absolute atomic E-state index is 12.3. The Labute approximate surface area is 131 Å². The van der Waals surface area contributed by atoms with Gasteiger partial charge in [0.15, 0.2) is 0 Å². The third-order valence-corrected chi connectivity index (χ3v) is 2.92. The van der Waals surface area contributed by atoms with Gasteiger partial charge in [-0.2, -0.15) is 0 Å². The minimum Gasteiger partial charge on any atom is -0.410 e. The highest BCUT2D eigenvalue weighted by Gasteiger charge is 2.16. The SMILES string of the molecule is O=C(Oc1ccccc1)N(CC#CI)c1ccccc1. The summed E-state index contributed by atoms with van der Waals surface area (Å²) in [6, 6.07) is 18.3. The lowest BCUT2D eigenvalue weighted by Gasteiger charge is -2.19. The molecule has 0 aromatic heterocycles. The first-order valence-corrected chi connectivity index (χ1v) is 7.07. The van der Waals surface area contributed by atoms with Crippen molar-refractivity contribution in [3.8, 4) is 15.6 Å². The summed E-state index contributed by atoms with van der Waals surface area (Å²) >= 11 is 1.95.